The number of nitrogens with zero attached hydrogens (tertiary/aromatic N) is 1. The molecule has 1 heterocycles. The Morgan fingerprint density at radius 3 is 2.06 bits per heavy atom. The number of hydrogen-bond acceptors (Lipinski definition) is 3. The molecule has 3 rings (SSSR count). The van der Waals surface area contributed by atoms with Crippen LogP contribution in [0.1, 0.15) is 47.4 Å². The molecule has 164 valence electrons. The zero-order valence-corrected chi connectivity index (χ0v) is 17.6. The molecule has 7 heteroatoms. The Labute approximate surface area is 180 Å². The van der Waals surface area contributed by atoms with Crippen LogP contribution in [0.15, 0.2) is 48.5 Å². The molecule has 0 aromatic heterocycles. The monoisotopic (exact) mass is 428 g/mol. The summed E-state index contributed by atoms with van der Waals surface area (Å²) in [4.78, 5) is 39.8. The third kappa shape index (κ3) is 5.16. The summed E-state index contributed by atoms with van der Waals surface area (Å²) in [6.07, 6.45) is 1.06. The van der Waals surface area contributed by atoms with Crippen LogP contribution < -0.4 is 5.32 Å². The fourth-order valence-corrected chi connectivity index (χ4v) is 3.84. The van der Waals surface area contributed by atoms with Gasteiger partial charge in [0, 0.05) is 24.6 Å². The molecule has 5 nitrogen and oxygen atoms in total. The quantitative estimate of drug-likeness (QED) is 0.711. The van der Waals surface area contributed by atoms with Gasteiger partial charge in [0.25, 0.3) is 5.91 Å². The first-order valence-electron chi connectivity index (χ1n) is 10.4. The van der Waals surface area contributed by atoms with Crippen LogP contribution in [0.25, 0.3) is 0 Å². The second-order valence-corrected chi connectivity index (χ2v) is 8.12. The molecular formula is C24H26F2N2O3. The number of carbonyl (C=O) groups is 3. The zero-order chi connectivity index (χ0) is 22.5. The number of amides is 2. The van der Waals surface area contributed by atoms with Gasteiger partial charge < -0.3 is 10.2 Å². The third-order valence-corrected chi connectivity index (χ3v) is 5.64. The van der Waals surface area contributed by atoms with E-state index in [2.05, 4.69) is 5.32 Å². The Hall–Kier alpha value is -3.09. The maximum absolute atomic E-state index is 13.9. The minimum atomic E-state index is -0.979. The van der Waals surface area contributed by atoms with Crippen molar-refractivity contribution < 1.29 is 23.2 Å². The molecule has 1 atom stereocenters. The lowest BCUT2D eigenvalue weighted by Gasteiger charge is -2.35. The van der Waals surface area contributed by atoms with Gasteiger partial charge in [-0.15, -0.1) is 0 Å². The van der Waals surface area contributed by atoms with E-state index in [-0.39, 0.29) is 23.5 Å². The third-order valence-electron chi connectivity index (χ3n) is 5.64. The van der Waals surface area contributed by atoms with Crippen LogP contribution in [-0.2, 0) is 4.79 Å². The van der Waals surface area contributed by atoms with Crippen molar-refractivity contribution in [3.05, 3.63) is 71.3 Å². The van der Waals surface area contributed by atoms with Gasteiger partial charge in [0.05, 0.1) is 0 Å². The van der Waals surface area contributed by atoms with E-state index >= 15 is 0 Å². The molecule has 1 aliphatic rings. The van der Waals surface area contributed by atoms with Crippen molar-refractivity contribution in [1.82, 2.24) is 10.2 Å². The Morgan fingerprint density at radius 1 is 0.935 bits per heavy atom. The second kappa shape index (κ2) is 9.81. The number of carbonyl (C=O) groups excluding carboxylic acids is 3. The number of ketones is 1. The van der Waals surface area contributed by atoms with Gasteiger partial charge in [0.1, 0.15) is 23.2 Å². The van der Waals surface area contributed by atoms with Gasteiger partial charge >= 0.3 is 0 Å². The maximum atomic E-state index is 13.9. The van der Waals surface area contributed by atoms with Crippen molar-refractivity contribution in [2.24, 2.45) is 11.8 Å². The molecule has 1 N–H and O–H groups in total. The first-order valence-corrected chi connectivity index (χ1v) is 10.4. The van der Waals surface area contributed by atoms with Gasteiger partial charge in [0.2, 0.25) is 5.91 Å². The highest BCUT2D eigenvalue weighted by molar-refractivity contribution is 5.99. The molecule has 2 aromatic rings. The summed E-state index contributed by atoms with van der Waals surface area (Å²) in [5.74, 6) is -3.61. The lowest BCUT2D eigenvalue weighted by atomic mass is 9.88. The van der Waals surface area contributed by atoms with E-state index in [0.29, 0.717) is 31.5 Å². The molecule has 2 amide bonds. The molecule has 1 fully saturated rings. The summed E-state index contributed by atoms with van der Waals surface area (Å²) in [6, 6.07) is 11.3. The van der Waals surface area contributed by atoms with Crippen LogP contribution in [-0.4, -0.2) is 41.6 Å². The smallest absolute Gasteiger partial charge is 0.257 e. The largest absolute Gasteiger partial charge is 0.341 e. The normalized spacial score (nSPS) is 15.6. The summed E-state index contributed by atoms with van der Waals surface area (Å²) in [5.41, 5.74) is -0.0420. The molecule has 1 aliphatic heterocycles. The van der Waals surface area contributed by atoms with Crippen LogP contribution in [0.5, 0.6) is 0 Å². The topological polar surface area (TPSA) is 66.5 Å². The summed E-state index contributed by atoms with van der Waals surface area (Å²) in [6.45, 7) is 4.28. The van der Waals surface area contributed by atoms with E-state index in [4.69, 9.17) is 0 Å². The van der Waals surface area contributed by atoms with Crippen molar-refractivity contribution in [3.8, 4) is 0 Å². The number of halogens is 2. The first-order chi connectivity index (χ1) is 14.8. The Balaban J connectivity index is 1.65. The van der Waals surface area contributed by atoms with Crippen LogP contribution >= 0.6 is 0 Å². The molecule has 2 aromatic carbocycles. The molecule has 1 saturated heterocycles. The molecular weight excluding hydrogens is 402 g/mol. The van der Waals surface area contributed by atoms with Crippen LogP contribution in [0.2, 0.25) is 0 Å². The van der Waals surface area contributed by atoms with Crippen LogP contribution in [0.3, 0.4) is 0 Å². The van der Waals surface area contributed by atoms with Gasteiger partial charge in [-0.3, -0.25) is 14.4 Å². The predicted octanol–water partition coefficient (Wildman–Crippen LogP) is 3.84. The van der Waals surface area contributed by atoms with E-state index in [0.717, 1.165) is 12.1 Å². The van der Waals surface area contributed by atoms with Gasteiger partial charge in [-0.2, -0.15) is 0 Å². The predicted molar refractivity (Wildman–Crippen MR) is 113 cm³/mol. The number of piperidine rings is 1. The van der Waals surface area contributed by atoms with E-state index in [1.165, 1.54) is 6.07 Å². The van der Waals surface area contributed by atoms with Gasteiger partial charge in [-0.25, -0.2) is 8.78 Å². The summed E-state index contributed by atoms with van der Waals surface area (Å²) in [7, 11) is 0. The van der Waals surface area contributed by atoms with Gasteiger partial charge in [-0.05, 0) is 30.9 Å². The Bertz CT molecular complexity index is 934. The highest BCUT2D eigenvalue weighted by atomic mass is 19.1. The van der Waals surface area contributed by atoms with Crippen molar-refractivity contribution in [2.45, 2.75) is 32.7 Å². The average molecular weight is 428 g/mol. The SMILES string of the molecule is CC(C)C(NC(=O)c1c(F)cccc1F)C(=O)N1CCC(C(=O)c2ccccc2)CC1. The lowest BCUT2D eigenvalue weighted by molar-refractivity contribution is -0.135. The number of hydrogen-bond donors (Lipinski definition) is 1. The standard InChI is InChI=1S/C24H26F2N2O3/c1-15(2)21(27-23(30)20-18(25)9-6-10-19(20)26)24(31)28-13-11-17(12-14-28)22(29)16-7-4-3-5-8-16/h3-10,15,17,21H,11-14H2,1-2H3,(H,27,30). The fraction of sp³-hybridized carbons (Fsp3) is 0.375. The summed E-state index contributed by atoms with van der Waals surface area (Å²) >= 11 is 0. The van der Waals surface area contributed by atoms with E-state index in [1.54, 1.807) is 30.9 Å². The molecule has 0 spiro atoms. The van der Waals surface area contributed by atoms with Crippen LogP contribution in [0, 0.1) is 23.5 Å². The van der Waals surface area contributed by atoms with Crippen molar-refractivity contribution >= 4 is 17.6 Å². The fourth-order valence-electron chi connectivity index (χ4n) is 3.84. The molecule has 0 bridgehead atoms. The van der Waals surface area contributed by atoms with Crippen molar-refractivity contribution in [1.29, 1.82) is 0 Å². The van der Waals surface area contributed by atoms with Crippen molar-refractivity contribution in [2.75, 3.05) is 13.1 Å². The van der Waals surface area contributed by atoms with Gasteiger partial charge in [0.15, 0.2) is 5.78 Å². The van der Waals surface area contributed by atoms with Gasteiger partial charge in [-0.1, -0.05) is 50.2 Å². The van der Waals surface area contributed by atoms with Crippen LogP contribution in [0.4, 0.5) is 8.78 Å². The first kappa shape index (κ1) is 22.6. The maximum Gasteiger partial charge on any atom is 0.257 e. The Morgan fingerprint density at radius 2 is 1.52 bits per heavy atom. The van der Waals surface area contributed by atoms with E-state index in [9.17, 15) is 23.2 Å². The average Bonchev–Trinajstić information content (AvgIpc) is 2.77. The molecule has 0 radical (unpaired) electrons. The summed E-state index contributed by atoms with van der Waals surface area (Å²) in [5, 5.41) is 2.49. The van der Waals surface area contributed by atoms with E-state index < -0.39 is 29.1 Å². The molecule has 0 saturated carbocycles. The Kier molecular flexibility index (Phi) is 7.15. The number of rotatable bonds is 6. The number of Topliss-reactive ketones (excluding diaryl/α,β-unsaturated/α-hetero) is 1. The number of benzene rings is 2. The summed E-state index contributed by atoms with van der Waals surface area (Å²) < 4.78 is 27.9. The minimum absolute atomic E-state index is 0.0661. The lowest BCUT2D eigenvalue weighted by Crippen LogP contribution is -2.53. The number of likely N-dealkylation sites (tertiary alicyclic amines) is 1. The highest BCUT2D eigenvalue weighted by Crippen LogP contribution is 2.23. The number of nitrogens with one attached hydrogen (secondary N) is 1. The molecule has 1 unspecified atom stereocenters. The van der Waals surface area contributed by atoms with Crippen molar-refractivity contribution in [3.63, 3.8) is 0 Å². The van der Waals surface area contributed by atoms with E-state index in [1.807, 2.05) is 18.2 Å². The zero-order valence-electron chi connectivity index (χ0n) is 17.6. The molecule has 31 heavy (non-hydrogen) atoms. The molecule has 0 aliphatic carbocycles. The second-order valence-electron chi connectivity index (χ2n) is 8.12. The highest BCUT2D eigenvalue weighted by Gasteiger charge is 2.34. The minimum Gasteiger partial charge on any atom is -0.341 e.